The van der Waals surface area contributed by atoms with Crippen molar-refractivity contribution in [2.75, 3.05) is 53.0 Å². The van der Waals surface area contributed by atoms with Crippen LogP contribution in [0.25, 0.3) is 16.5 Å². The van der Waals surface area contributed by atoms with Gasteiger partial charge in [0, 0.05) is 51.8 Å². The summed E-state index contributed by atoms with van der Waals surface area (Å²) in [5.41, 5.74) is 0.594. The molecule has 178 valence electrons. The summed E-state index contributed by atoms with van der Waals surface area (Å²) in [7, 11) is 1.64. The molecule has 0 atom stereocenters. The first kappa shape index (κ1) is 23.6. The Bertz CT molecular complexity index is 1200. The van der Waals surface area contributed by atoms with Gasteiger partial charge in [0.15, 0.2) is 5.69 Å². The Morgan fingerprint density at radius 1 is 0.971 bits per heavy atom. The fourth-order valence-corrected chi connectivity index (χ4v) is 4.05. The van der Waals surface area contributed by atoms with Crippen LogP contribution in [0.2, 0.25) is 0 Å². The Hall–Kier alpha value is -3.56. The summed E-state index contributed by atoms with van der Waals surface area (Å²) >= 11 is 0. The Morgan fingerprint density at radius 3 is 2.35 bits per heavy atom. The van der Waals surface area contributed by atoms with Crippen molar-refractivity contribution in [1.82, 2.24) is 24.9 Å². The average molecular weight is 464 g/mol. The van der Waals surface area contributed by atoms with E-state index in [4.69, 9.17) is 4.74 Å². The molecule has 2 amide bonds. The number of carbonyl (C=O) groups excluding carboxylic acids is 2. The van der Waals surface area contributed by atoms with E-state index in [-0.39, 0.29) is 23.1 Å². The van der Waals surface area contributed by atoms with Gasteiger partial charge in [0.2, 0.25) is 5.91 Å². The van der Waals surface area contributed by atoms with Crippen molar-refractivity contribution in [2.45, 2.75) is 6.42 Å². The lowest BCUT2D eigenvalue weighted by Crippen LogP contribution is -2.51. The normalized spacial score (nSPS) is 14.3. The predicted molar refractivity (Wildman–Crippen MR) is 129 cm³/mol. The molecule has 0 bridgehead atoms. The largest absolute Gasteiger partial charge is 0.385 e. The van der Waals surface area contributed by atoms with Crippen molar-refractivity contribution in [3.8, 4) is 5.69 Å². The van der Waals surface area contributed by atoms with E-state index in [9.17, 15) is 14.4 Å². The van der Waals surface area contributed by atoms with E-state index in [1.165, 1.54) is 4.68 Å². The molecule has 1 aliphatic rings. The summed E-state index contributed by atoms with van der Waals surface area (Å²) in [6, 6.07) is 16.2. The highest BCUT2D eigenvalue weighted by molar-refractivity contribution is 6.04. The minimum Gasteiger partial charge on any atom is -0.385 e. The number of rotatable bonds is 8. The van der Waals surface area contributed by atoms with Crippen LogP contribution in [-0.2, 0) is 9.53 Å². The van der Waals surface area contributed by atoms with Gasteiger partial charge in [-0.1, -0.05) is 36.4 Å². The number of hydrogen-bond acceptors (Lipinski definition) is 6. The van der Waals surface area contributed by atoms with E-state index in [0.29, 0.717) is 62.3 Å². The van der Waals surface area contributed by atoms with Crippen LogP contribution < -0.4 is 10.9 Å². The summed E-state index contributed by atoms with van der Waals surface area (Å²) in [4.78, 5) is 42.5. The second kappa shape index (κ2) is 11.0. The number of para-hydroxylation sites is 1. The Morgan fingerprint density at radius 2 is 1.65 bits per heavy atom. The molecule has 1 saturated heterocycles. The van der Waals surface area contributed by atoms with Gasteiger partial charge in [0.1, 0.15) is 0 Å². The zero-order chi connectivity index (χ0) is 23.9. The number of methoxy groups -OCH3 is 1. The van der Waals surface area contributed by atoms with Crippen molar-refractivity contribution < 1.29 is 14.3 Å². The maximum Gasteiger partial charge on any atom is 0.279 e. The van der Waals surface area contributed by atoms with Crippen LogP contribution in [0, 0.1) is 0 Å². The predicted octanol–water partition coefficient (Wildman–Crippen LogP) is 1.30. The molecule has 1 aromatic heterocycles. The van der Waals surface area contributed by atoms with Crippen LogP contribution in [0.1, 0.15) is 16.9 Å². The van der Waals surface area contributed by atoms with Crippen molar-refractivity contribution in [1.29, 1.82) is 0 Å². The summed E-state index contributed by atoms with van der Waals surface area (Å²) in [5.74, 6) is -0.247. The highest BCUT2D eigenvalue weighted by Crippen LogP contribution is 2.18. The van der Waals surface area contributed by atoms with Gasteiger partial charge in [0.25, 0.3) is 11.5 Å². The quantitative estimate of drug-likeness (QED) is 0.506. The molecule has 4 rings (SSSR count). The van der Waals surface area contributed by atoms with Gasteiger partial charge in [-0.15, -0.1) is 0 Å². The molecule has 0 radical (unpaired) electrons. The third kappa shape index (κ3) is 5.32. The number of ether oxygens (including phenoxy) is 1. The molecule has 9 heteroatoms. The number of amides is 2. The Labute approximate surface area is 197 Å². The lowest BCUT2D eigenvalue weighted by molar-refractivity contribution is -0.122. The molecule has 0 aliphatic carbocycles. The van der Waals surface area contributed by atoms with Crippen molar-refractivity contribution in [3.63, 3.8) is 0 Å². The van der Waals surface area contributed by atoms with Gasteiger partial charge in [0.05, 0.1) is 17.6 Å². The average Bonchev–Trinajstić information content (AvgIpc) is 2.88. The number of piperazine rings is 1. The van der Waals surface area contributed by atoms with Gasteiger partial charge >= 0.3 is 0 Å². The molecule has 1 N–H and O–H groups in total. The van der Waals surface area contributed by atoms with Crippen LogP contribution in [0.15, 0.2) is 59.4 Å². The van der Waals surface area contributed by atoms with E-state index in [0.717, 1.165) is 6.42 Å². The van der Waals surface area contributed by atoms with E-state index >= 15 is 0 Å². The molecular weight excluding hydrogens is 434 g/mol. The number of nitrogens with one attached hydrogen (secondary N) is 1. The summed E-state index contributed by atoms with van der Waals surface area (Å²) in [5, 5.41) is 8.37. The van der Waals surface area contributed by atoms with Crippen molar-refractivity contribution >= 4 is 22.6 Å². The smallest absolute Gasteiger partial charge is 0.279 e. The minimum atomic E-state index is -0.264. The molecule has 34 heavy (non-hydrogen) atoms. The number of benzene rings is 2. The molecule has 0 unspecified atom stereocenters. The monoisotopic (exact) mass is 463 g/mol. The third-order valence-corrected chi connectivity index (χ3v) is 5.88. The van der Waals surface area contributed by atoms with Gasteiger partial charge < -0.3 is 15.0 Å². The Balaban J connectivity index is 1.48. The highest BCUT2D eigenvalue weighted by atomic mass is 16.5. The Kier molecular flexibility index (Phi) is 7.66. The van der Waals surface area contributed by atoms with Crippen LogP contribution in [0.3, 0.4) is 0 Å². The molecule has 1 aliphatic heterocycles. The summed E-state index contributed by atoms with van der Waals surface area (Å²) < 4.78 is 6.28. The van der Waals surface area contributed by atoms with Gasteiger partial charge in [-0.05, 0) is 24.6 Å². The lowest BCUT2D eigenvalue weighted by atomic mass is 10.1. The maximum absolute atomic E-state index is 13.5. The first-order chi connectivity index (χ1) is 16.6. The zero-order valence-electron chi connectivity index (χ0n) is 19.3. The third-order valence-electron chi connectivity index (χ3n) is 5.88. The molecule has 0 saturated carbocycles. The molecule has 2 aromatic carbocycles. The first-order valence-corrected chi connectivity index (χ1v) is 11.4. The van der Waals surface area contributed by atoms with Gasteiger partial charge in [-0.25, -0.2) is 0 Å². The first-order valence-electron chi connectivity index (χ1n) is 11.4. The lowest BCUT2D eigenvalue weighted by Gasteiger charge is -2.34. The topological polar surface area (TPSA) is 96.8 Å². The SMILES string of the molecule is COCCCNC(=O)CN1CCN(C(=O)c2nn(-c3ccccc3)c(=O)c3ccccc23)CC1. The van der Waals surface area contributed by atoms with Gasteiger partial charge in [-0.3, -0.25) is 19.3 Å². The number of nitrogens with zero attached hydrogens (tertiary/aromatic N) is 4. The molecule has 1 fully saturated rings. The van der Waals surface area contributed by atoms with Crippen molar-refractivity contribution in [2.24, 2.45) is 0 Å². The van der Waals surface area contributed by atoms with Crippen LogP contribution in [0.4, 0.5) is 0 Å². The molecule has 9 nitrogen and oxygen atoms in total. The second-order valence-electron chi connectivity index (χ2n) is 8.21. The molecular formula is C25H29N5O4. The number of carbonyl (C=O) groups is 2. The fraction of sp³-hybridized carbons (Fsp3) is 0.360. The summed E-state index contributed by atoms with van der Waals surface area (Å²) in [6.07, 6.45) is 0.774. The second-order valence-corrected chi connectivity index (χ2v) is 8.21. The zero-order valence-corrected chi connectivity index (χ0v) is 19.3. The molecule has 0 spiro atoms. The molecule has 2 heterocycles. The van der Waals surface area contributed by atoms with Crippen LogP contribution in [-0.4, -0.2) is 84.4 Å². The van der Waals surface area contributed by atoms with Crippen LogP contribution in [0.5, 0.6) is 0 Å². The maximum atomic E-state index is 13.5. The van der Waals surface area contributed by atoms with E-state index < -0.39 is 0 Å². The molecule has 3 aromatic rings. The minimum absolute atomic E-state index is 0.0292. The summed E-state index contributed by atoms with van der Waals surface area (Å²) in [6.45, 7) is 3.64. The van der Waals surface area contributed by atoms with Gasteiger partial charge in [-0.2, -0.15) is 9.78 Å². The number of hydrogen-bond donors (Lipinski definition) is 1. The number of fused-ring (bicyclic) bond motifs is 1. The highest BCUT2D eigenvalue weighted by Gasteiger charge is 2.26. The van der Waals surface area contributed by atoms with E-state index in [1.54, 1.807) is 48.4 Å². The number of aromatic nitrogens is 2. The van der Waals surface area contributed by atoms with Crippen LogP contribution >= 0.6 is 0 Å². The van der Waals surface area contributed by atoms with E-state index in [1.807, 2.05) is 23.1 Å². The fourth-order valence-electron chi connectivity index (χ4n) is 4.05. The van der Waals surface area contributed by atoms with Crippen molar-refractivity contribution in [3.05, 3.63) is 70.6 Å². The van der Waals surface area contributed by atoms with E-state index in [2.05, 4.69) is 10.4 Å². The standard InChI is InChI=1S/C25H29N5O4/c1-34-17-7-12-26-22(31)18-28-13-15-29(16-14-28)25(33)23-20-10-5-6-11-21(20)24(32)30(27-23)19-8-3-2-4-9-19/h2-6,8-11H,7,12-18H2,1H3,(H,26,31).